The summed E-state index contributed by atoms with van der Waals surface area (Å²) in [6.45, 7) is 0. The highest BCUT2D eigenvalue weighted by Gasteiger charge is 2.29. The summed E-state index contributed by atoms with van der Waals surface area (Å²) in [5.41, 5.74) is 2.79. The van der Waals surface area contributed by atoms with Crippen LogP contribution in [-0.4, -0.2) is 5.44 Å². The second-order valence-electron chi connectivity index (χ2n) is 5.72. The van der Waals surface area contributed by atoms with Gasteiger partial charge in [0.15, 0.2) is 0 Å². The van der Waals surface area contributed by atoms with E-state index in [1.165, 1.54) is 16.0 Å². The normalized spacial score (nSPS) is 19.7. The zero-order valence-corrected chi connectivity index (χ0v) is 13.6. The first-order valence-corrected chi connectivity index (χ1v) is 8.80. The second kappa shape index (κ2) is 6.51. The van der Waals surface area contributed by atoms with Crippen LogP contribution in [0.4, 0.5) is 0 Å². The summed E-state index contributed by atoms with van der Waals surface area (Å²) in [5.74, 6) is 1.41. The molecule has 0 amide bonds. The molecule has 1 heterocycles. The first-order chi connectivity index (χ1) is 11.4. The number of ether oxygens (including phenoxy) is 1. The van der Waals surface area contributed by atoms with Crippen molar-refractivity contribution in [3.8, 4) is 5.75 Å². The highest BCUT2D eigenvalue weighted by atomic mass is 32.2. The van der Waals surface area contributed by atoms with Gasteiger partial charge in [-0.05, 0) is 23.8 Å². The van der Waals surface area contributed by atoms with E-state index in [4.69, 9.17) is 4.74 Å². The van der Waals surface area contributed by atoms with E-state index in [9.17, 15) is 0 Å². The number of fused-ring (bicyclic) bond motifs is 1. The highest BCUT2D eigenvalue weighted by molar-refractivity contribution is 7.99. The molecule has 0 saturated heterocycles. The number of para-hydroxylation sites is 1. The lowest BCUT2D eigenvalue weighted by atomic mass is 9.87. The van der Waals surface area contributed by atoms with Gasteiger partial charge in [-0.3, -0.25) is 0 Å². The van der Waals surface area contributed by atoms with Gasteiger partial charge in [0, 0.05) is 22.8 Å². The largest absolute Gasteiger partial charge is 0.479 e. The zero-order chi connectivity index (χ0) is 15.5. The maximum atomic E-state index is 6.25. The van der Waals surface area contributed by atoms with Gasteiger partial charge in [0.1, 0.15) is 11.2 Å². The molecule has 4 rings (SSSR count). The van der Waals surface area contributed by atoms with Crippen molar-refractivity contribution < 1.29 is 4.74 Å². The lowest BCUT2D eigenvalue weighted by Gasteiger charge is -2.32. The van der Waals surface area contributed by atoms with E-state index in [0.717, 1.165) is 12.2 Å². The van der Waals surface area contributed by atoms with Crippen LogP contribution >= 0.6 is 11.8 Å². The van der Waals surface area contributed by atoms with Crippen LogP contribution in [0.5, 0.6) is 5.75 Å². The Labute approximate surface area is 141 Å². The summed E-state index contributed by atoms with van der Waals surface area (Å²) in [4.78, 5) is 1.25. The van der Waals surface area contributed by atoms with Crippen LogP contribution in [-0.2, 0) is 0 Å². The molecule has 0 bridgehead atoms. The molecule has 114 valence electrons. The van der Waals surface area contributed by atoms with Crippen molar-refractivity contribution in [2.24, 2.45) is 0 Å². The molecule has 3 aromatic rings. The van der Waals surface area contributed by atoms with Crippen molar-refractivity contribution >= 4 is 11.8 Å². The molecule has 0 aromatic heterocycles. The van der Waals surface area contributed by atoms with Crippen molar-refractivity contribution in [3.05, 3.63) is 96.1 Å². The highest BCUT2D eigenvalue weighted by Crippen LogP contribution is 2.44. The maximum Gasteiger partial charge on any atom is 0.149 e. The van der Waals surface area contributed by atoms with E-state index in [2.05, 4.69) is 78.9 Å². The van der Waals surface area contributed by atoms with Gasteiger partial charge in [0.2, 0.25) is 0 Å². The summed E-state index contributed by atoms with van der Waals surface area (Å²) >= 11 is 1.80. The van der Waals surface area contributed by atoms with Gasteiger partial charge in [0.25, 0.3) is 0 Å². The molecule has 2 heteroatoms. The molecule has 0 radical (unpaired) electrons. The van der Waals surface area contributed by atoms with Gasteiger partial charge >= 0.3 is 0 Å². The minimum atomic E-state index is 0.137. The van der Waals surface area contributed by atoms with Crippen molar-refractivity contribution in [1.29, 1.82) is 0 Å². The van der Waals surface area contributed by atoms with Gasteiger partial charge in [-0.2, -0.15) is 0 Å². The molecule has 0 unspecified atom stereocenters. The summed E-state index contributed by atoms with van der Waals surface area (Å²) < 4.78 is 6.25. The van der Waals surface area contributed by atoms with Crippen LogP contribution in [0.25, 0.3) is 0 Å². The molecule has 23 heavy (non-hydrogen) atoms. The van der Waals surface area contributed by atoms with Crippen molar-refractivity contribution in [2.75, 3.05) is 0 Å². The van der Waals surface area contributed by atoms with Gasteiger partial charge in [-0.15, -0.1) is 0 Å². The van der Waals surface area contributed by atoms with Crippen molar-refractivity contribution in [1.82, 2.24) is 0 Å². The van der Waals surface area contributed by atoms with Crippen LogP contribution in [0.1, 0.15) is 23.5 Å². The van der Waals surface area contributed by atoms with Gasteiger partial charge < -0.3 is 4.74 Å². The third kappa shape index (κ3) is 3.13. The van der Waals surface area contributed by atoms with Crippen LogP contribution in [0.15, 0.2) is 89.8 Å². The summed E-state index contributed by atoms with van der Waals surface area (Å²) in [5, 5.41) is 0. The molecule has 1 aliphatic heterocycles. The third-order valence-corrected chi connectivity index (χ3v) is 5.29. The average Bonchev–Trinajstić information content (AvgIpc) is 2.63. The summed E-state index contributed by atoms with van der Waals surface area (Å²) in [6, 6.07) is 29.7. The van der Waals surface area contributed by atoms with E-state index >= 15 is 0 Å². The lowest BCUT2D eigenvalue weighted by Crippen LogP contribution is -2.23. The average molecular weight is 318 g/mol. The van der Waals surface area contributed by atoms with Crippen LogP contribution in [0.2, 0.25) is 0 Å². The lowest BCUT2D eigenvalue weighted by molar-refractivity contribution is 0.245. The molecular formula is C21H18OS. The molecular weight excluding hydrogens is 300 g/mol. The van der Waals surface area contributed by atoms with Gasteiger partial charge in [0.05, 0.1) is 0 Å². The minimum absolute atomic E-state index is 0.137. The Balaban J connectivity index is 1.66. The first kappa shape index (κ1) is 14.4. The first-order valence-electron chi connectivity index (χ1n) is 7.92. The fourth-order valence-corrected chi connectivity index (χ4v) is 4.17. The predicted molar refractivity (Wildman–Crippen MR) is 96.1 cm³/mol. The molecule has 0 saturated carbocycles. The predicted octanol–water partition coefficient (Wildman–Crippen LogP) is 5.72. The molecule has 0 fully saturated rings. The number of hydrogen-bond acceptors (Lipinski definition) is 2. The second-order valence-corrected chi connectivity index (χ2v) is 6.95. The Morgan fingerprint density at radius 3 is 2.17 bits per heavy atom. The molecule has 0 N–H and O–H groups in total. The van der Waals surface area contributed by atoms with Crippen LogP contribution < -0.4 is 4.74 Å². The van der Waals surface area contributed by atoms with Crippen LogP contribution in [0.3, 0.4) is 0 Å². The van der Waals surface area contributed by atoms with Crippen molar-refractivity contribution in [3.63, 3.8) is 0 Å². The quantitative estimate of drug-likeness (QED) is 0.611. The number of hydrogen-bond donors (Lipinski definition) is 0. The fraction of sp³-hybridized carbons (Fsp3) is 0.143. The number of thioether (sulfide) groups is 1. The summed E-state index contributed by atoms with van der Waals surface area (Å²) in [7, 11) is 0. The molecule has 3 aromatic carbocycles. The summed E-state index contributed by atoms with van der Waals surface area (Å²) in [6.07, 6.45) is 0.987. The topological polar surface area (TPSA) is 9.23 Å². The smallest absolute Gasteiger partial charge is 0.149 e. The molecule has 1 aliphatic rings. The van der Waals surface area contributed by atoms with Crippen LogP contribution in [0, 0.1) is 0 Å². The van der Waals surface area contributed by atoms with E-state index in [1.54, 1.807) is 11.8 Å². The Morgan fingerprint density at radius 2 is 1.39 bits per heavy atom. The zero-order valence-electron chi connectivity index (χ0n) is 12.8. The fourth-order valence-electron chi connectivity index (χ4n) is 3.11. The van der Waals surface area contributed by atoms with E-state index in [0.29, 0.717) is 5.92 Å². The Kier molecular flexibility index (Phi) is 4.08. The maximum absolute atomic E-state index is 6.25. The standard InChI is InChI=1S/C21H18OS/c1-3-9-16(10-4-1)19-15-21(23-17-11-5-2-6-12-17)22-20-14-8-7-13-18(19)20/h1-14,19,21H,15H2/t19-,21-/m0/s1. The van der Waals surface area contributed by atoms with E-state index in [-0.39, 0.29) is 5.44 Å². The molecule has 0 spiro atoms. The van der Waals surface area contributed by atoms with E-state index in [1.807, 2.05) is 6.07 Å². The molecule has 1 nitrogen and oxygen atoms in total. The molecule has 2 atom stereocenters. The van der Waals surface area contributed by atoms with Gasteiger partial charge in [-0.1, -0.05) is 78.5 Å². The van der Waals surface area contributed by atoms with Gasteiger partial charge in [-0.25, -0.2) is 0 Å². The molecule has 0 aliphatic carbocycles. The number of rotatable bonds is 3. The Hall–Kier alpha value is -2.19. The third-order valence-electron chi connectivity index (χ3n) is 4.19. The van der Waals surface area contributed by atoms with Crippen molar-refractivity contribution in [2.45, 2.75) is 22.7 Å². The Morgan fingerprint density at radius 1 is 0.739 bits per heavy atom. The SMILES string of the molecule is c1ccc(S[C@H]2C[C@@H](c3ccccc3)c3ccccc3O2)cc1. The monoisotopic (exact) mass is 318 g/mol. The van der Waals surface area contributed by atoms with E-state index < -0.39 is 0 Å². The minimum Gasteiger partial charge on any atom is -0.479 e. The number of benzene rings is 3. The Bertz CT molecular complexity index is 770.